The summed E-state index contributed by atoms with van der Waals surface area (Å²) < 4.78 is 52.1. The molecule has 1 aromatic heterocycles. The summed E-state index contributed by atoms with van der Waals surface area (Å²) in [6.45, 7) is 4.48. The lowest BCUT2D eigenvalue weighted by Gasteiger charge is -2.26. The van der Waals surface area contributed by atoms with Crippen LogP contribution in [-0.4, -0.2) is 46.1 Å². The molecule has 1 fully saturated rings. The number of nitrogens with zero attached hydrogens (tertiary/aromatic N) is 3. The van der Waals surface area contributed by atoms with E-state index in [2.05, 4.69) is 5.10 Å². The Hall–Kier alpha value is -3.82. The summed E-state index contributed by atoms with van der Waals surface area (Å²) in [6, 6.07) is 9.92. The summed E-state index contributed by atoms with van der Waals surface area (Å²) in [5.74, 6) is -0.140. The van der Waals surface area contributed by atoms with Crippen molar-refractivity contribution in [3.05, 3.63) is 70.5 Å². The topological polar surface area (TPSA) is 73.7 Å². The highest BCUT2D eigenvalue weighted by Crippen LogP contribution is 2.38. The molecule has 36 heavy (non-hydrogen) atoms. The van der Waals surface area contributed by atoms with Crippen LogP contribution < -0.4 is 9.47 Å². The molecule has 0 bridgehead atoms. The van der Waals surface area contributed by atoms with Crippen LogP contribution in [0.15, 0.2) is 42.5 Å². The number of rotatable bonds is 4. The molecule has 1 atom stereocenters. The average molecular weight is 499 g/mol. The lowest BCUT2D eigenvalue weighted by Crippen LogP contribution is -2.36. The van der Waals surface area contributed by atoms with Crippen molar-refractivity contribution >= 4 is 11.7 Å². The monoisotopic (exact) mass is 499 g/mol. The van der Waals surface area contributed by atoms with Crippen molar-refractivity contribution in [2.75, 3.05) is 19.8 Å². The molecule has 0 spiro atoms. The number of halogens is 3. The van der Waals surface area contributed by atoms with Gasteiger partial charge in [-0.15, -0.1) is 0 Å². The Morgan fingerprint density at radius 3 is 2.53 bits per heavy atom. The first-order chi connectivity index (χ1) is 17.1. The minimum absolute atomic E-state index is 0.102. The van der Waals surface area contributed by atoms with E-state index in [0.717, 1.165) is 24.1 Å². The van der Waals surface area contributed by atoms with Crippen molar-refractivity contribution < 1.29 is 32.2 Å². The van der Waals surface area contributed by atoms with Crippen molar-refractivity contribution in [3.8, 4) is 17.2 Å². The Bertz CT molecular complexity index is 1350. The van der Waals surface area contributed by atoms with Crippen molar-refractivity contribution in [1.82, 2.24) is 14.7 Å². The average Bonchev–Trinajstić information content (AvgIpc) is 3.47. The van der Waals surface area contributed by atoms with Crippen molar-refractivity contribution in [3.63, 3.8) is 0 Å². The zero-order chi connectivity index (χ0) is 25.6. The lowest BCUT2D eigenvalue weighted by atomic mass is 10.0. The first kappa shape index (κ1) is 23.9. The molecule has 2 aromatic carbocycles. The molecular formula is C26H24F3N3O4. The number of alkyl halides is 3. The lowest BCUT2D eigenvalue weighted by molar-refractivity contribution is -0.137. The number of carbonyl (C=O) groups excluding carboxylic acids is 2. The number of ketones is 1. The molecule has 3 aromatic rings. The molecule has 2 aliphatic rings. The minimum atomic E-state index is -4.51. The molecular weight excluding hydrogens is 475 g/mol. The Labute approximate surface area is 205 Å². The van der Waals surface area contributed by atoms with Gasteiger partial charge in [-0.1, -0.05) is 12.1 Å². The van der Waals surface area contributed by atoms with Gasteiger partial charge in [0.05, 0.1) is 34.2 Å². The van der Waals surface area contributed by atoms with E-state index in [1.54, 1.807) is 24.8 Å². The number of hydrogen-bond donors (Lipinski definition) is 0. The Kier molecular flexibility index (Phi) is 5.97. The van der Waals surface area contributed by atoms with E-state index >= 15 is 0 Å². The zero-order valence-corrected chi connectivity index (χ0v) is 19.8. The van der Waals surface area contributed by atoms with Gasteiger partial charge in [-0.25, -0.2) is 4.68 Å². The molecule has 0 saturated carbocycles. The van der Waals surface area contributed by atoms with Crippen LogP contribution in [0.25, 0.3) is 5.69 Å². The summed E-state index contributed by atoms with van der Waals surface area (Å²) >= 11 is 0. The number of fused-ring (bicyclic) bond motifs is 1. The number of benzene rings is 2. The summed E-state index contributed by atoms with van der Waals surface area (Å²) in [5, 5.41) is 4.29. The Morgan fingerprint density at radius 1 is 1.03 bits per heavy atom. The number of aryl methyl sites for hydroxylation is 1. The molecule has 2 aliphatic heterocycles. The van der Waals surface area contributed by atoms with E-state index in [0.29, 0.717) is 43.4 Å². The van der Waals surface area contributed by atoms with Gasteiger partial charge >= 0.3 is 6.18 Å². The number of carbonyl (C=O) groups is 2. The second-order valence-electron chi connectivity index (χ2n) is 8.89. The van der Waals surface area contributed by atoms with Gasteiger partial charge in [0.25, 0.3) is 11.7 Å². The minimum Gasteiger partial charge on any atom is -0.486 e. The SMILES string of the molecule is Cc1nn(-c2cccc(C(F)(F)F)c2)c(C)c1C(=O)C(=O)N1CCCC1c1ccc2c(c1)OCCO2. The van der Waals surface area contributed by atoms with Gasteiger partial charge < -0.3 is 14.4 Å². The van der Waals surface area contributed by atoms with Crippen LogP contribution in [0.2, 0.25) is 0 Å². The van der Waals surface area contributed by atoms with Crippen molar-refractivity contribution in [1.29, 1.82) is 0 Å². The maximum absolute atomic E-state index is 13.4. The van der Waals surface area contributed by atoms with E-state index in [1.807, 2.05) is 12.1 Å². The van der Waals surface area contributed by atoms with Crippen LogP contribution in [0, 0.1) is 13.8 Å². The van der Waals surface area contributed by atoms with E-state index in [-0.39, 0.29) is 23.0 Å². The molecule has 1 saturated heterocycles. The smallest absolute Gasteiger partial charge is 0.416 e. The number of aromatic nitrogens is 2. The molecule has 0 N–H and O–H groups in total. The molecule has 1 amide bonds. The van der Waals surface area contributed by atoms with Crippen molar-refractivity contribution in [2.45, 2.75) is 38.9 Å². The van der Waals surface area contributed by atoms with Gasteiger partial charge in [-0.3, -0.25) is 9.59 Å². The molecule has 188 valence electrons. The highest BCUT2D eigenvalue weighted by Gasteiger charge is 2.37. The van der Waals surface area contributed by atoms with Crippen LogP contribution >= 0.6 is 0 Å². The number of ether oxygens (including phenoxy) is 2. The first-order valence-corrected chi connectivity index (χ1v) is 11.6. The third kappa shape index (κ3) is 4.20. The fourth-order valence-electron chi connectivity index (χ4n) is 4.90. The largest absolute Gasteiger partial charge is 0.486 e. The summed E-state index contributed by atoms with van der Waals surface area (Å²) in [4.78, 5) is 28.3. The number of hydrogen-bond acceptors (Lipinski definition) is 5. The van der Waals surface area contributed by atoms with Gasteiger partial charge in [-0.05, 0) is 62.6 Å². The number of Topliss-reactive ketones (excluding diaryl/α,β-unsaturated/α-hetero) is 1. The third-order valence-corrected chi connectivity index (χ3v) is 6.60. The zero-order valence-electron chi connectivity index (χ0n) is 19.8. The van der Waals surface area contributed by atoms with E-state index in [4.69, 9.17) is 9.47 Å². The summed E-state index contributed by atoms with van der Waals surface area (Å²) in [5.41, 5.74) is 0.873. The first-order valence-electron chi connectivity index (χ1n) is 11.6. The third-order valence-electron chi connectivity index (χ3n) is 6.60. The van der Waals surface area contributed by atoms with Gasteiger partial charge in [0, 0.05) is 6.54 Å². The maximum Gasteiger partial charge on any atom is 0.416 e. The van der Waals surface area contributed by atoms with Crippen LogP contribution in [0.5, 0.6) is 11.5 Å². The number of likely N-dealkylation sites (tertiary alicyclic amines) is 1. The van der Waals surface area contributed by atoms with E-state index < -0.39 is 23.4 Å². The van der Waals surface area contributed by atoms with Crippen LogP contribution in [0.4, 0.5) is 13.2 Å². The van der Waals surface area contributed by atoms with Crippen LogP contribution in [0.1, 0.15) is 51.8 Å². The normalized spacial score (nSPS) is 17.4. The Balaban J connectivity index is 1.43. The standard InChI is InChI=1S/C26H24F3N3O4/c1-15-23(16(2)32(30-15)19-6-3-5-18(14-19)26(27,28)29)24(33)25(34)31-10-4-7-20(31)17-8-9-21-22(13-17)36-12-11-35-21/h3,5-6,8-9,13-14,20H,4,7,10-12H2,1-2H3. The molecule has 10 heteroatoms. The summed E-state index contributed by atoms with van der Waals surface area (Å²) in [6.07, 6.45) is -3.08. The maximum atomic E-state index is 13.4. The predicted octanol–water partition coefficient (Wildman–Crippen LogP) is 4.83. The highest BCUT2D eigenvalue weighted by atomic mass is 19.4. The highest BCUT2D eigenvalue weighted by molar-refractivity contribution is 6.43. The molecule has 0 radical (unpaired) electrons. The van der Waals surface area contributed by atoms with Gasteiger partial charge in [0.15, 0.2) is 11.5 Å². The predicted molar refractivity (Wildman–Crippen MR) is 123 cm³/mol. The Morgan fingerprint density at radius 2 is 1.78 bits per heavy atom. The molecule has 5 rings (SSSR count). The van der Waals surface area contributed by atoms with Gasteiger partial charge in [0.1, 0.15) is 13.2 Å². The van der Waals surface area contributed by atoms with Crippen molar-refractivity contribution in [2.24, 2.45) is 0 Å². The second kappa shape index (κ2) is 9.00. The van der Waals surface area contributed by atoms with Crippen LogP contribution in [0.3, 0.4) is 0 Å². The molecule has 3 heterocycles. The quantitative estimate of drug-likeness (QED) is 0.380. The molecule has 7 nitrogen and oxygen atoms in total. The van der Waals surface area contributed by atoms with E-state index in [9.17, 15) is 22.8 Å². The van der Waals surface area contributed by atoms with Gasteiger partial charge in [0.2, 0.25) is 0 Å². The fraction of sp³-hybridized carbons (Fsp3) is 0.346. The van der Waals surface area contributed by atoms with Crippen LogP contribution in [-0.2, 0) is 11.0 Å². The van der Waals surface area contributed by atoms with E-state index in [1.165, 1.54) is 16.8 Å². The fourth-order valence-corrected chi connectivity index (χ4v) is 4.90. The number of amides is 1. The molecule has 1 unspecified atom stereocenters. The molecule has 0 aliphatic carbocycles. The second-order valence-corrected chi connectivity index (χ2v) is 8.89. The summed E-state index contributed by atoms with van der Waals surface area (Å²) in [7, 11) is 0. The van der Waals surface area contributed by atoms with Gasteiger partial charge in [-0.2, -0.15) is 18.3 Å².